The number of hydrogen-bond acceptors (Lipinski definition) is 3. The van der Waals surface area contributed by atoms with E-state index in [1.165, 1.54) is 4.90 Å². The molecular formula is C10H16NO3. The molecule has 0 aromatic carbocycles. The third-order valence-corrected chi connectivity index (χ3v) is 1.88. The predicted molar refractivity (Wildman–Crippen MR) is 51.7 cm³/mol. The molecule has 1 heterocycles. The normalized spacial score (nSPS) is 22.7. The van der Waals surface area contributed by atoms with Crippen molar-refractivity contribution in [2.24, 2.45) is 0 Å². The zero-order valence-electron chi connectivity index (χ0n) is 8.87. The molecule has 1 saturated heterocycles. The molecule has 0 bridgehead atoms. The first-order chi connectivity index (χ1) is 6.29. The van der Waals surface area contributed by atoms with Gasteiger partial charge in [-0.05, 0) is 27.7 Å². The zero-order valence-corrected chi connectivity index (χ0v) is 8.87. The Morgan fingerprint density at radius 2 is 2.14 bits per heavy atom. The molecule has 1 aliphatic rings. The highest BCUT2D eigenvalue weighted by atomic mass is 16.6. The third kappa shape index (κ3) is 2.72. The van der Waals surface area contributed by atoms with Crippen LogP contribution in [0.15, 0.2) is 0 Å². The molecule has 1 atom stereocenters. The number of ketones is 1. The maximum atomic E-state index is 11.5. The lowest BCUT2D eigenvalue weighted by Crippen LogP contribution is -2.38. The molecule has 4 nitrogen and oxygen atoms in total. The topological polar surface area (TPSA) is 46.6 Å². The lowest BCUT2D eigenvalue weighted by Gasteiger charge is -2.26. The number of hydrogen-bond donors (Lipinski definition) is 0. The molecule has 0 aliphatic carbocycles. The van der Waals surface area contributed by atoms with Crippen molar-refractivity contribution >= 4 is 11.9 Å². The Labute approximate surface area is 84.2 Å². The fourth-order valence-electron chi connectivity index (χ4n) is 1.29. The lowest BCUT2D eigenvalue weighted by atomic mass is 10.2. The monoisotopic (exact) mass is 198 g/mol. The van der Waals surface area contributed by atoms with Gasteiger partial charge in [-0.25, -0.2) is 4.79 Å². The fourth-order valence-corrected chi connectivity index (χ4v) is 1.29. The first-order valence-electron chi connectivity index (χ1n) is 4.64. The van der Waals surface area contributed by atoms with E-state index in [9.17, 15) is 9.59 Å². The van der Waals surface area contributed by atoms with E-state index in [0.717, 1.165) is 0 Å². The molecule has 1 rings (SSSR count). The van der Waals surface area contributed by atoms with Gasteiger partial charge in [0.15, 0.2) is 5.78 Å². The summed E-state index contributed by atoms with van der Waals surface area (Å²) >= 11 is 0. The Morgan fingerprint density at radius 3 is 2.50 bits per heavy atom. The first-order valence-corrected chi connectivity index (χ1v) is 4.64. The van der Waals surface area contributed by atoms with Gasteiger partial charge in [-0.1, -0.05) is 0 Å². The van der Waals surface area contributed by atoms with Crippen molar-refractivity contribution in [2.75, 3.05) is 6.54 Å². The molecule has 0 aromatic heterocycles. The minimum Gasteiger partial charge on any atom is -0.444 e. The summed E-state index contributed by atoms with van der Waals surface area (Å²) in [5, 5.41) is 0. The predicted octanol–water partition coefficient (Wildman–Crippen LogP) is 1.40. The van der Waals surface area contributed by atoms with E-state index in [1.807, 2.05) is 0 Å². The van der Waals surface area contributed by atoms with E-state index in [4.69, 9.17) is 4.74 Å². The number of ether oxygens (including phenoxy) is 1. The van der Waals surface area contributed by atoms with Crippen molar-refractivity contribution < 1.29 is 14.3 Å². The van der Waals surface area contributed by atoms with Crippen LogP contribution < -0.4 is 0 Å². The molecule has 1 fully saturated rings. The third-order valence-electron chi connectivity index (χ3n) is 1.88. The second kappa shape index (κ2) is 3.59. The SMILES string of the molecule is [CH2][C@@H]1CC(=O)CN1C(=O)OC(C)(C)C. The summed E-state index contributed by atoms with van der Waals surface area (Å²) < 4.78 is 5.14. The molecule has 1 amide bonds. The van der Waals surface area contributed by atoms with Crippen LogP contribution in [0.5, 0.6) is 0 Å². The molecule has 0 unspecified atom stereocenters. The number of carbonyl (C=O) groups is 2. The van der Waals surface area contributed by atoms with E-state index in [0.29, 0.717) is 6.42 Å². The quantitative estimate of drug-likeness (QED) is 0.591. The van der Waals surface area contributed by atoms with Crippen molar-refractivity contribution in [2.45, 2.75) is 38.8 Å². The number of Topliss-reactive ketones (excluding diaryl/α,β-unsaturated/α-hetero) is 1. The smallest absolute Gasteiger partial charge is 0.410 e. The van der Waals surface area contributed by atoms with E-state index in [2.05, 4.69) is 6.92 Å². The average Bonchev–Trinajstić information content (AvgIpc) is 2.26. The summed E-state index contributed by atoms with van der Waals surface area (Å²) in [5.41, 5.74) is -0.525. The number of likely N-dealkylation sites (tertiary alicyclic amines) is 1. The van der Waals surface area contributed by atoms with Gasteiger partial charge in [0.05, 0.1) is 6.54 Å². The van der Waals surface area contributed by atoms with Crippen LogP contribution in [-0.4, -0.2) is 35.0 Å². The van der Waals surface area contributed by atoms with Gasteiger partial charge in [0, 0.05) is 12.5 Å². The summed E-state index contributed by atoms with van der Waals surface area (Å²) in [7, 11) is 0. The molecule has 0 saturated carbocycles. The van der Waals surface area contributed by atoms with Crippen LogP contribution in [-0.2, 0) is 9.53 Å². The fraction of sp³-hybridized carbons (Fsp3) is 0.700. The van der Waals surface area contributed by atoms with Gasteiger partial charge in [0.1, 0.15) is 5.60 Å². The van der Waals surface area contributed by atoms with Crippen LogP contribution in [0.4, 0.5) is 4.79 Å². The summed E-state index contributed by atoms with van der Waals surface area (Å²) in [6.45, 7) is 9.23. The van der Waals surface area contributed by atoms with Crippen LogP contribution in [0.1, 0.15) is 27.2 Å². The van der Waals surface area contributed by atoms with Crippen molar-refractivity contribution in [3.8, 4) is 0 Å². The number of nitrogens with zero attached hydrogens (tertiary/aromatic N) is 1. The second-order valence-corrected chi connectivity index (χ2v) is 4.50. The lowest BCUT2D eigenvalue weighted by molar-refractivity contribution is -0.117. The number of rotatable bonds is 0. The van der Waals surface area contributed by atoms with E-state index in [-0.39, 0.29) is 18.4 Å². The molecule has 14 heavy (non-hydrogen) atoms. The van der Waals surface area contributed by atoms with Gasteiger partial charge in [0.25, 0.3) is 0 Å². The Morgan fingerprint density at radius 1 is 1.57 bits per heavy atom. The van der Waals surface area contributed by atoms with E-state index < -0.39 is 11.7 Å². The van der Waals surface area contributed by atoms with Crippen LogP contribution in [0, 0.1) is 6.92 Å². The maximum absolute atomic E-state index is 11.5. The van der Waals surface area contributed by atoms with Gasteiger partial charge in [-0.3, -0.25) is 9.69 Å². The summed E-state index contributed by atoms with van der Waals surface area (Å²) in [5.74, 6) is 0.0378. The average molecular weight is 198 g/mol. The Kier molecular flexibility index (Phi) is 2.83. The largest absolute Gasteiger partial charge is 0.444 e. The van der Waals surface area contributed by atoms with Crippen molar-refractivity contribution in [3.63, 3.8) is 0 Å². The van der Waals surface area contributed by atoms with Gasteiger partial charge in [-0.2, -0.15) is 0 Å². The molecule has 1 radical (unpaired) electrons. The highest BCUT2D eigenvalue weighted by molar-refractivity contribution is 5.88. The van der Waals surface area contributed by atoms with E-state index in [1.54, 1.807) is 20.8 Å². The van der Waals surface area contributed by atoms with Gasteiger partial charge >= 0.3 is 6.09 Å². The van der Waals surface area contributed by atoms with Crippen LogP contribution in [0.3, 0.4) is 0 Å². The maximum Gasteiger partial charge on any atom is 0.410 e. The van der Waals surface area contributed by atoms with Crippen molar-refractivity contribution in [1.82, 2.24) is 4.90 Å². The summed E-state index contributed by atoms with van der Waals surface area (Å²) in [4.78, 5) is 23.9. The summed E-state index contributed by atoms with van der Waals surface area (Å²) in [6, 6.07) is -0.280. The van der Waals surface area contributed by atoms with Gasteiger partial charge in [-0.15, -0.1) is 0 Å². The van der Waals surface area contributed by atoms with Gasteiger partial charge < -0.3 is 4.74 Å². The Hall–Kier alpha value is -1.06. The Balaban J connectivity index is 2.58. The van der Waals surface area contributed by atoms with Gasteiger partial charge in [0.2, 0.25) is 0 Å². The number of carbonyl (C=O) groups excluding carboxylic acids is 2. The second-order valence-electron chi connectivity index (χ2n) is 4.50. The molecule has 1 aliphatic heterocycles. The van der Waals surface area contributed by atoms with Crippen LogP contribution in [0.2, 0.25) is 0 Å². The van der Waals surface area contributed by atoms with Crippen LogP contribution >= 0.6 is 0 Å². The molecule has 0 N–H and O–H groups in total. The highest BCUT2D eigenvalue weighted by Crippen LogP contribution is 2.17. The standard InChI is InChI=1S/C10H16NO3/c1-7-5-8(12)6-11(7)9(13)14-10(2,3)4/h7H,1,5-6H2,2-4H3/t7-/m1/s1. The van der Waals surface area contributed by atoms with Crippen molar-refractivity contribution in [1.29, 1.82) is 0 Å². The van der Waals surface area contributed by atoms with Crippen LogP contribution in [0.25, 0.3) is 0 Å². The molecular weight excluding hydrogens is 182 g/mol. The Bertz CT molecular complexity index is 255. The minimum absolute atomic E-state index is 0.0378. The number of amides is 1. The molecule has 79 valence electrons. The highest BCUT2D eigenvalue weighted by Gasteiger charge is 2.33. The zero-order chi connectivity index (χ0) is 10.9. The molecule has 0 spiro atoms. The van der Waals surface area contributed by atoms with E-state index >= 15 is 0 Å². The molecule has 0 aromatic rings. The molecule has 4 heteroatoms. The summed E-state index contributed by atoms with van der Waals surface area (Å²) in [6.07, 6.45) is -0.123. The first kappa shape index (κ1) is 11.0. The van der Waals surface area contributed by atoms with Crippen molar-refractivity contribution in [3.05, 3.63) is 6.92 Å². The minimum atomic E-state index is -0.525.